The molecular formula is C15H18N4O2. The van der Waals surface area contributed by atoms with Crippen LogP contribution in [0, 0.1) is 0 Å². The molecule has 0 radical (unpaired) electrons. The van der Waals surface area contributed by atoms with Gasteiger partial charge in [-0.25, -0.2) is 0 Å². The third kappa shape index (κ3) is 3.47. The third-order valence-corrected chi connectivity index (χ3v) is 3.18. The molecule has 21 heavy (non-hydrogen) atoms. The van der Waals surface area contributed by atoms with E-state index in [1.807, 2.05) is 13.8 Å². The minimum atomic E-state index is -0.267. The van der Waals surface area contributed by atoms with Crippen molar-refractivity contribution in [3.63, 3.8) is 0 Å². The molecule has 0 atom stereocenters. The maximum atomic E-state index is 12.3. The predicted molar refractivity (Wildman–Crippen MR) is 80.2 cm³/mol. The molecule has 0 bridgehead atoms. The first-order valence-corrected chi connectivity index (χ1v) is 6.85. The zero-order chi connectivity index (χ0) is 15.2. The zero-order valence-corrected chi connectivity index (χ0v) is 12.1. The SMILES string of the molecule is CCN(CC)C(=O)c1cccc(NC(=O)c2cn[nH]c2)c1. The Bertz CT molecular complexity index is 618. The number of carbonyl (C=O) groups excluding carboxylic acids is 2. The second kappa shape index (κ2) is 6.69. The molecule has 0 spiro atoms. The highest BCUT2D eigenvalue weighted by Crippen LogP contribution is 2.14. The molecule has 6 heteroatoms. The number of aromatic nitrogens is 2. The lowest BCUT2D eigenvalue weighted by Crippen LogP contribution is -2.30. The number of nitrogens with zero attached hydrogens (tertiary/aromatic N) is 2. The molecule has 6 nitrogen and oxygen atoms in total. The van der Waals surface area contributed by atoms with E-state index in [1.165, 1.54) is 12.4 Å². The summed E-state index contributed by atoms with van der Waals surface area (Å²) in [6.45, 7) is 5.18. The molecule has 2 aromatic rings. The van der Waals surface area contributed by atoms with Crippen LogP contribution in [0.2, 0.25) is 0 Å². The van der Waals surface area contributed by atoms with Crippen LogP contribution in [-0.4, -0.2) is 40.0 Å². The smallest absolute Gasteiger partial charge is 0.258 e. The first kappa shape index (κ1) is 14.8. The molecule has 2 N–H and O–H groups in total. The van der Waals surface area contributed by atoms with E-state index in [9.17, 15) is 9.59 Å². The molecule has 0 unspecified atom stereocenters. The van der Waals surface area contributed by atoms with Gasteiger partial charge < -0.3 is 10.2 Å². The van der Waals surface area contributed by atoms with Crippen LogP contribution in [0.1, 0.15) is 34.6 Å². The van der Waals surface area contributed by atoms with Gasteiger partial charge in [-0.3, -0.25) is 14.7 Å². The van der Waals surface area contributed by atoms with Gasteiger partial charge in [0.25, 0.3) is 11.8 Å². The van der Waals surface area contributed by atoms with E-state index in [0.717, 1.165) is 0 Å². The van der Waals surface area contributed by atoms with Crippen LogP contribution in [0.15, 0.2) is 36.7 Å². The van der Waals surface area contributed by atoms with Gasteiger partial charge in [-0.2, -0.15) is 5.10 Å². The summed E-state index contributed by atoms with van der Waals surface area (Å²) in [5.74, 6) is -0.310. The number of benzene rings is 1. The predicted octanol–water partition coefficient (Wildman–Crippen LogP) is 2.14. The molecule has 2 rings (SSSR count). The van der Waals surface area contributed by atoms with E-state index < -0.39 is 0 Å². The van der Waals surface area contributed by atoms with Crippen LogP contribution in [-0.2, 0) is 0 Å². The summed E-state index contributed by atoms with van der Waals surface area (Å²) in [6, 6.07) is 6.92. The maximum Gasteiger partial charge on any atom is 0.258 e. The molecule has 0 fully saturated rings. The van der Waals surface area contributed by atoms with Gasteiger partial charge in [-0.1, -0.05) is 6.07 Å². The lowest BCUT2D eigenvalue weighted by atomic mass is 10.1. The monoisotopic (exact) mass is 286 g/mol. The number of aromatic amines is 1. The Morgan fingerprint density at radius 3 is 2.62 bits per heavy atom. The van der Waals surface area contributed by atoms with E-state index >= 15 is 0 Å². The number of carbonyl (C=O) groups is 2. The van der Waals surface area contributed by atoms with Gasteiger partial charge in [0.2, 0.25) is 0 Å². The average molecular weight is 286 g/mol. The quantitative estimate of drug-likeness (QED) is 0.884. The molecule has 1 heterocycles. The number of nitrogens with one attached hydrogen (secondary N) is 2. The van der Waals surface area contributed by atoms with Crippen molar-refractivity contribution in [1.29, 1.82) is 0 Å². The summed E-state index contributed by atoms with van der Waals surface area (Å²) < 4.78 is 0. The number of H-pyrrole nitrogens is 1. The molecule has 1 aromatic carbocycles. The van der Waals surface area contributed by atoms with E-state index in [0.29, 0.717) is 29.9 Å². The van der Waals surface area contributed by atoms with Crippen LogP contribution in [0.4, 0.5) is 5.69 Å². The Hall–Kier alpha value is -2.63. The van der Waals surface area contributed by atoms with Crippen molar-refractivity contribution < 1.29 is 9.59 Å². The van der Waals surface area contributed by atoms with Crippen LogP contribution in [0.5, 0.6) is 0 Å². The van der Waals surface area contributed by atoms with Crippen molar-refractivity contribution in [2.75, 3.05) is 18.4 Å². The van der Waals surface area contributed by atoms with Crippen LogP contribution >= 0.6 is 0 Å². The van der Waals surface area contributed by atoms with Crippen LogP contribution in [0.25, 0.3) is 0 Å². The largest absolute Gasteiger partial charge is 0.339 e. The van der Waals surface area contributed by atoms with Gasteiger partial charge in [0, 0.05) is 30.5 Å². The molecule has 2 amide bonds. The van der Waals surface area contributed by atoms with Crippen molar-refractivity contribution in [3.8, 4) is 0 Å². The Balaban J connectivity index is 2.14. The molecule has 0 saturated heterocycles. The fourth-order valence-electron chi connectivity index (χ4n) is 2.00. The Labute approximate surface area is 123 Å². The second-order valence-electron chi connectivity index (χ2n) is 4.50. The summed E-state index contributed by atoms with van der Waals surface area (Å²) in [4.78, 5) is 25.9. The first-order chi connectivity index (χ1) is 10.2. The van der Waals surface area contributed by atoms with E-state index in [2.05, 4.69) is 15.5 Å². The van der Waals surface area contributed by atoms with Gasteiger partial charge in [-0.15, -0.1) is 0 Å². The summed E-state index contributed by atoms with van der Waals surface area (Å²) in [6.07, 6.45) is 2.96. The summed E-state index contributed by atoms with van der Waals surface area (Å²) in [5.41, 5.74) is 1.58. The van der Waals surface area contributed by atoms with Gasteiger partial charge in [0.05, 0.1) is 11.8 Å². The minimum Gasteiger partial charge on any atom is -0.339 e. The van der Waals surface area contributed by atoms with Gasteiger partial charge in [-0.05, 0) is 32.0 Å². The fraction of sp³-hybridized carbons (Fsp3) is 0.267. The lowest BCUT2D eigenvalue weighted by molar-refractivity contribution is 0.0772. The average Bonchev–Trinajstić information content (AvgIpc) is 3.03. The maximum absolute atomic E-state index is 12.3. The van der Waals surface area contributed by atoms with Gasteiger partial charge >= 0.3 is 0 Å². The van der Waals surface area contributed by atoms with Crippen molar-refractivity contribution >= 4 is 17.5 Å². The van der Waals surface area contributed by atoms with Crippen molar-refractivity contribution in [2.24, 2.45) is 0 Å². The number of rotatable bonds is 5. The topological polar surface area (TPSA) is 78.1 Å². The van der Waals surface area contributed by atoms with Crippen molar-refractivity contribution in [3.05, 3.63) is 47.8 Å². The first-order valence-electron chi connectivity index (χ1n) is 6.85. The van der Waals surface area contributed by atoms with Crippen LogP contribution in [0.3, 0.4) is 0 Å². The standard InChI is InChI=1S/C15H18N4O2/c1-3-19(4-2)15(21)11-6-5-7-13(8-11)18-14(20)12-9-16-17-10-12/h5-10H,3-4H2,1-2H3,(H,16,17)(H,18,20). The molecule has 0 aliphatic rings. The van der Waals surface area contributed by atoms with Gasteiger partial charge in [0.15, 0.2) is 0 Å². The van der Waals surface area contributed by atoms with E-state index in [1.54, 1.807) is 29.2 Å². The molecule has 1 aromatic heterocycles. The fourth-order valence-corrected chi connectivity index (χ4v) is 2.00. The third-order valence-electron chi connectivity index (χ3n) is 3.18. The number of hydrogen-bond donors (Lipinski definition) is 2. The summed E-state index contributed by atoms with van der Waals surface area (Å²) in [5, 5.41) is 9.06. The molecule has 0 aliphatic heterocycles. The molecular weight excluding hydrogens is 268 g/mol. The van der Waals surface area contributed by atoms with Crippen molar-refractivity contribution in [1.82, 2.24) is 15.1 Å². The van der Waals surface area contributed by atoms with E-state index in [-0.39, 0.29) is 11.8 Å². The normalized spacial score (nSPS) is 10.2. The van der Waals surface area contributed by atoms with E-state index in [4.69, 9.17) is 0 Å². The highest BCUT2D eigenvalue weighted by Gasteiger charge is 2.13. The molecule has 0 saturated carbocycles. The highest BCUT2D eigenvalue weighted by atomic mass is 16.2. The van der Waals surface area contributed by atoms with Crippen LogP contribution < -0.4 is 5.32 Å². The number of amides is 2. The van der Waals surface area contributed by atoms with Crippen molar-refractivity contribution in [2.45, 2.75) is 13.8 Å². The zero-order valence-electron chi connectivity index (χ0n) is 12.1. The summed E-state index contributed by atoms with van der Waals surface area (Å²) in [7, 11) is 0. The second-order valence-corrected chi connectivity index (χ2v) is 4.50. The minimum absolute atomic E-state index is 0.0422. The highest BCUT2D eigenvalue weighted by molar-refractivity contribution is 6.04. The Kier molecular flexibility index (Phi) is 4.71. The lowest BCUT2D eigenvalue weighted by Gasteiger charge is -2.18. The Morgan fingerprint density at radius 2 is 2.00 bits per heavy atom. The molecule has 0 aliphatic carbocycles. The number of hydrogen-bond acceptors (Lipinski definition) is 3. The Morgan fingerprint density at radius 1 is 1.24 bits per heavy atom. The summed E-state index contributed by atoms with van der Waals surface area (Å²) >= 11 is 0. The molecule has 110 valence electrons. The van der Waals surface area contributed by atoms with Gasteiger partial charge in [0.1, 0.15) is 0 Å². The number of anilines is 1.